The van der Waals surface area contributed by atoms with Gasteiger partial charge in [-0.1, -0.05) is 11.6 Å². The second-order valence-corrected chi connectivity index (χ2v) is 8.37. The number of ether oxygens (including phenoxy) is 1. The largest absolute Gasteiger partial charge is 0.468 e. The van der Waals surface area contributed by atoms with E-state index < -0.39 is 22.0 Å². The Hall–Kier alpha value is -1.41. The number of nitrogens with zero attached hydrogens (tertiary/aromatic N) is 1. The van der Waals surface area contributed by atoms with E-state index in [0.29, 0.717) is 17.0 Å². The van der Waals surface area contributed by atoms with Gasteiger partial charge < -0.3 is 4.74 Å². The molecule has 1 unspecified atom stereocenters. The molecule has 23 heavy (non-hydrogen) atoms. The molecule has 1 aliphatic heterocycles. The molecule has 2 aromatic rings. The number of thiophene rings is 1. The van der Waals surface area contributed by atoms with Crippen LogP contribution in [0.25, 0.3) is 0 Å². The van der Waals surface area contributed by atoms with Crippen LogP contribution in [0.2, 0.25) is 5.02 Å². The number of sulfonamides is 1. The number of hydrogen-bond donors (Lipinski definition) is 0. The summed E-state index contributed by atoms with van der Waals surface area (Å²) < 4.78 is 31.9. The highest BCUT2D eigenvalue weighted by atomic mass is 35.5. The molecule has 0 spiro atoms. The maximum absolute atomic E-state index is 12.9. The number of esters is 1. The van der Waals surface area contributed by atoms with Crippen molar-refractivity contribution >= 4 is 38.9 Å². The maximum Gasteiger partial charge on any atom is 0.328 e. The molecule has 0 radical (unpaired) electrons. The zero-order chi connectivity index (χ0) is 16.6. The van der Waals surface area contributed by atoms with Gasteiger partial charge in [0.15, 0.2) is 0 Å². The van der Waals surface area contributed by atoms with E-state index in [2.05, 4.69) is 0 Å². The maximum atomic E-state index is 12.9. The van der Waals surface area contributed by atoms with E-state index >= 15 is 0 Å². The van der Waals surface area contributed by atoms with Gasteiger partial charge in [0.2, 0.25) is 10.0 Å². The Morgan fingerprint density at radius 3 is 2.65 bits per heavy atom. The fraction of sp³-hybridized carbons (Fsp3) is 0.267. The Labute approximate surface area is 143 Å². The van der Waals surface area contributed by atoms with Gasteiger partial charge in [0.25, 0.3) is 0 Å². The van der Waals surface area contributed by atoms with Crippen molar-refractivity contribution in [3.63, 3.8) is 0 Å². The summed E-state index contributed by atoms with van der Waals surface area (Å²) >= 11 is 7.34. The van der Waals surface area contributed by atoms with Crippen LogP contribution in [0.4, 0.5) is 0 Å². The van der Waals surface area contributed by atoms with Crippen LogP contribution in [0.5, 0.6) is 0 Å². The standard InChI is InChI=1S/C15H14ClNO4S2/c1-21-15(18)14-12-7-9-22-13(12)6-8-17(14)23(19,20)11-4-2-10(16)3-5-11/h2-5,7,9,14H,6,8H2,1H3. The predicted octanol–water partition coefficient (Wildman–Crippen LogP) is 2.86. The quantitative estimate of drug-likeness (QED) is 0.778. The molecule has 0 saturated heterocycles. The Morgan fingerprint density at radius 2 is 2.00 bits per heavy atom. The molecular formula is C15H14ClNO4S2. The lowest BCUT2D eigenvalue weighted by atomic mass is 10.0. The zero-order valence-electron chi connectivity index (χ0n) is 12.2. The number of benzene rings is 1. The third-order valence-corrected chi connectivity index (χ3v) is 6.89. The van der Waals surface area contributed by atoms with Gasteiger partial charge in [-0.3, -0.25) is 0 Å². The van der Waals surface area contributed by atoms with Crippen LogP contribution in [0.1, 0.15) is 16.5 Å². The topological polar surface area (TPSA) is 63.7 Å². The normalized spacial score (nSPS) is 18.4. The number of rotatable bonds is 3. The molecule has 1 aromatic carbocycles. The van der Waals surface area contributed by atoms with Gasteiger partial charge in [-0.05, 0) is 47.7 Å². The minimum Gasteiger partial charge on any atom is -0.468 e. The molecule has 0 fully saturated rings. The summed E-state index contributed by atoms with van der Waals surface area (Å²) in [7, 11) is -2.57. The fourth-order valence-electron chi connectivity index (χ4n) is 2.65. The fourth-order valence-corrected chi connectivity index (χ4v) is 5.24. The molecule has 3 rings (SSSR count). The van der Waals surface area contributed by atoms with Gasteiger partial charge in [0, 0.05) is 16.4 Å². The lowest BCUT2D eigenvalue weighted by Gasteiger charge is -2.32. The number of methoxy groups -OCH3 is 1. The van der Waals surface area contributed by atoms with Gasteiger partial charge in [-0.2, -0.15) is 4.31 Å². The third-order valence-electron chi connectivity index (χ3n) is 3.77. The first kappa shape index (κ1) is 16.4. The summed E-state index contributed by atoms with van der Waals surface area (Å²) in [5, 5.41) is 2.31. The second kappa shape index (κ2) is 6.24. The Balaban J connectivity index is 2.07. The molecule has 1 atom stereocenters. The highest BCUT2D eigenvalue weighted by Crippen LogP contribution is 2.37. The van der Waals surface area contributed by atoms with Gasteiger partial charge in [0.1, 0.15) is 6.04 Å². The Bertz CT molecular complexity index is 829. The minimum atomic E-state index is -3.83. The average molecular weight is 372 g/mol. The van der Waals surface area contributed by atoms with E-state index in [1.165, 1.54) is 47.0 Å². The second-order valence-electron chi connectivity index (χ2n) is 5.04. The van der Waals surface area contributed by atoms with Crippen molar-refractivity contribution in [2.45, 2.75) is 17.4 Å². The van der Waals surface area contributed by atoms with Crippen LogP contribution in [0.15, 0.2) is 40.6 Å². The Morgan fingerprint density at radius 1 is 1.30 bits per heavy atom. The van der Waals surface area contributed by atoms with Gasteiger partial charge in [0.05, 0.1) is 12.0 Å². The van der Waals surface area contributed by atoms with Crippen molar-refractivity contribution in [2.75, 3.05) is 13.7 Å². The molecule has 1 aliphatic rings. The summed E-state index contributed by atoms with van der Waals surface area (Å²) in [6, 6.07) is 6.74. The lowest BCUT2D eigenvalue weighted by Crippen LogP contribution is -2.43. The number of hydrogen-bond acceptors (Lipinski definition) is 5. The monoisotopic (exact) mass is 371 g/mol. The van der Waals surface area contributed by atoms with Crippen molar-refractivity contribution in [3.05, 3.63) is 51.2 Å². The van der Waals surface area contributed by atoms with Crippen molar-refractivity contribution < 1.29 is 17.9 Å². The third kappa shape index (κ3) is 2.89. The van der Waals surface area contributed by atoms with E-state index in [0.717, 1.165) is 4.88 Å². The van der Waals surface area contributed by atoms with Crippen molar-refractivity contribution in [3.8, 4) is 0 Å². The molecule has 5 nitrogen and oxygen atoms in total. The number of fused-ring (bicyclic) bond motifs is 1. The van der Waals surface area contributed by atoms with E-state index in [4.69, 9.17) is 16.3 Å². The molecular weight excluding hydrogens is 358 g/mol. The van der Waals surface area contributed by atoms with E-state index in [1.807, 2.05) is 5.38 Å². The van der Waals surface area contributed by atoms with Crippen molar-refractivity contribution in [2.24, 2.45) is 0 Å². The van der Waals surface area contributed by atoms with Crippen LogP contribution in [-0.2, 0) is 26.0 Å². The van der Waals surface area contributed by atoms with Crippen molar-refractivity contribution in [1.82, 2.24) is 4.31 Å². The summed E-state index contributed by atoms with van der Waals surface area (Å²) in [6.07, 6.45) is 0.577. The molecule has 8 heteroatoms. The van der Waals surface area contributed by atoms with Crippen LogP contribution in [-0.4, -0.2) is 32.3 Å². The summed E-state index contributed by atoms with van der Waals surface area (Å²) in [4.78, 5) is 13.3. The average Bonchev–Trinajstić information content (AvgIpc) is 3.02. The minimum absolute atomic E-state index is 0.106. The number of carbonyl (C=O) groups excluding carboxylic acids is 1. The molecule has 2 heterocycles. The van der Waals surface area contributed by atoms with Gasteiger partial charge in [-0.25, -0.2) is 13.2 Å². The molecule has 0 N–H and O–H groups in total. The number of carbonyl (C=O) groups is 1. The smallest absolute Gasteiger partial charge is 0.328 e. The highest BCUT2D eigenvalue weighted by Gasteiger charge is 2.41. The van der Waals surface area contributed by atoms with Crippen LogP contribution < -0.4 is 0 Å². The lowest BCUT2D eigenvalue weighted by molar-refractivity contribution is -0.145. The number of halogens is 1. The van der Waals surface area contributed by atoms with E-state index in [9.17, 15) is 13.2 Å². The van der Waals surface area contributed by atoms with Crippen LogP contribution in [0, 0.1) is 0 Å². The SMILES string of the molecule is COC(=O)C1c2ccsc2CCN1S(=O)(=O)c1ccc(Cl)cc1. The molecule has 0 saturated carbocycles. The Kier molecular flexibility index (Phi) is 4.46. The van der Waals surface area contributed by atoms with Crippen molar-refractivity contribution in [1.29, 1.82) is 0 Å². The van der Waals surface area contributed by atoms with Gasteiger partial charge >= 0.3 is 5.97 Å². The predicted molar refractivity (Wildman–Crippen MR) is 88.1 cm³/mol. The van der Waals surface area contributed by atoms with Crippen LogP contribution >= 0.6 is 22.9 Å². The van der Waals surface area contributed by atoms with E-state index in [1.54, 1.807) is 6.07 Å². The molecule has 0 bridgehead atoms. The molecule has 122 valence electrons. The van der Waals surface area contributed by atoms with Crippen LogP contribution in [0.3, 0.4) is 0 Å². The summed E-state index contributed by atoms with van der Waals surface area (Å²) in [6.45, 7) is 0.234. The molecule has 0 aliphatic carbocycles. The van der Waals surface area contributed by atoms with E-state index in [-0.39, 0.29) is 11.4 Å². The zero-order valence-corrected chi connectivity index (χ0v) is 14.6. The summed E-state index contributed by atoms with van der Waals surface area (Å²) in [5.74, 6) is -0.582. The molecule has 1 aromatic heterocycles. The highest BCUT2D eigenvalue weighted by molar-refractivity contribution is 7.89. The molecule has 0 amide bonds. The first-order valence-electron chi connectivity index (χ1n) is 6.86. The first-order chi connectivity index (χ1) is 10.9. The van der Waals surface area contributed by atoms with Gasteiger partial charge in [-0.15, -0.1) is 11.3 Å². The summed E-state index contributed by atoms with van der Waals surface area (Å²) in [5.41, 5.74) is 0.700. The first-order valence-corrected chi connectivity index (χ1v) is 9.56.